The lowest BCUT2D eigenvalue weighted by Gasteiger charge is -2.25. The molecule has 2 aromatic carbocycles. The lowest BCUT2D eigenvalue weighted by molar-refractivity contribution is -0.137. The molecule has 186 valence electrons. The minimum absolute atomic E-state index is 0.117. The number of pyridine rings is 1. The summed E-state index contributed by atoms with van der Waals surface area (Å²) < 4.78 is 67.2. The van der Waals surface area contributed by atoms with Crippen LogP contribution in [0.3, 0.4) is 0 Å². The van der Waals surface area contributed by atoms with E-state index in [-0.39, 0.29) is 29.8 Å². The largest absolute Gasteiger partial charge is 0.417 e. The Morgan fingerprint density at radius 3 is 2.20 bits per heavy atom. The van der Waals surface area contributed by atoms with Crippen LogP contribution in [0.2, 0.25) is 5.02 Å². The molecule has 0 spiro atoms. The molecule has 3 aromatic rings. The molecule has 0 radical (unpaired) electrons. The molecule has 0 bridgehead atoms. The van der Waals surface area contributed by atoms with Gasteiger partial charge in [-0.15, -0.1) is 0 Å². The summed E-state index contributed by atoms with van der Waals surface area (Å²) >= 11 is 6.10. The molecule has 0 aliphatic rings. The molecule has 2 amide bonds. The summed E-state index contributed by atoms with van der Waals surface area (Å²) in [7, 11) is -1.10. The molecule has 35 heavy (non-hydrogen) atoms. The van der Waals surface area contributed by atoms with Crippen LogP contribution < -0.4 is 9.62 Å². The van der Waals surface area contributed by atoms with E-state index in [1.165, 1.54) is 29.2 Å². The molecular weight excluding hydrogens is 505 g/mol. The van der Waals surface area contributed by atoms with Crippen LogP contribution in [0.5, 0.6) is 0 Å². The van der Waals surface area contributed by atoms with Gasteiger partial charge in [0, 0.05) is 26.8 Å². The number of nitrogens with zero attached hydrogens (tertiary/aromatic N) is 3. The summed E-state index contributed by atoms with van der Waals surface area (Å²) in [6.45, 7) is -0.0285. The monoisotopic (exact) mass is 526 g/mol. The summed E-state index contributed by atoms with van der Waals surface area (Å²) in [6, 6.07) is 14.6. The van der Waals surface area contributed by atoms with Crippen LogP contribution >= 0.6 is 11.6 Å². The second-order valence-electron chi connectivity index (χ2n) is 7.72. The van der Waals surface area contributed by atoms with Gasteiger partial charge in [-0.3, -0.25) is 0 Å². The van der Waals surface area contributed by atoms with Gasteiger partial charge in [-0.05, 0) is 29.3 Å². The normalized spacial score (nSPS) is 11.7. The molecular formula is C23H22ClF3N4O3S. The van der Waals surface area contributed by atoms with Crippen molar-refractivity contribution in [3.8, 4) is 0 Å². The van der Waals surface area contributed by atoms with Crippen LogP contribution in [0.15, 0.2) is 71.8 Å². The van der Waals surface area contributed by atoms with Gasteiger partial charge in [0.15, 0.2) is 5.82 Å². The van der Waals surface area contributed by atoms with Crippen LogP contribution in [-0.4, -0.2) is 38.4 Å². The van der Waals surface area contributed by atoms with E-state index in [1.807, 2.05) is 0 Å². The third-order valence-electron chi connectivity index (χ3n) is 4.92. The summed E-state index contributed by atoms with van der Waals surface area (Å²) in [5.74, 6) is -0.328. The standard InChI is InChI=1S/C23H22ClF3N4O3S/c1-30(2)22(32)29-13-16-8-10-19(11-9-16)35(33,34)31(15-17-6-4-3-5-7-17)21-20(24)12-18(14-28-21)23(25,26)27/h3-12,14H,13,15H2,1-2H3,(H,29,32). The molecule has 0 atom stereocenters. The lowest BCUT2D eigenvalue weighted by Crippen LogP contribution is -2.34. The van der Waals surface area contributed by atoms with Crippen molar-refractivity contribution in [2.24, 2.45) is 0 Å². The van der Waals surface area contributed by atoms with Gasteiger partial charge in [0.25, 0.3) is 10.0 Å². The number of anilines is 1. The zero-order valence-corrected chi connectivity index (χ0v) is 20.3. The number of benzene rings is 2. The molecule has 3 rings (SSSR count). The van der Waals surface area contributed by atoms with Crippen molar-refractivity contribution in [3.63, 3.8) is 0 Å². The first-order chi connectivity index (χ1) is 16.4. The van der Waals surface area contributed by atoms with Crippen LogP contribution in [0, 0.1) is 0 Å². The van der Waals surface area contributed by atoms with Gasteiger partial charge >= 0.3 is 12.2 Å². The smallest absolute Gasteiger partial charge is 0.334 e. The van der Waals surface area contributed by atoms with Gasteiger partial charge in [-0.2, -0.15) is 13.2 Å². The molecule has 12 heteroatoms. The molecule has 0 saturated carbocycles. The number of nitrogens with one attached hydrogen (secondary N) is 1. The number of halogens is 4. The Morgan fingerprint density at radius 2 is 1.66 bits per heavy atom. The maximum Gasteiger partial charge on any atom is 0.417 e. The molecule has 0 fully saturated rings. The Kier molecular flexibility index (Phi) is 7.91. The van der Waals surface area contributed by atoms with E-state index in [9.17, 15) is 26.4 Å². The molecule has 1 N–H and O–H groups in total. The topological polar surface area (TPSA) is 82.6 Å². The van der Waals surface area contributed by atoms with E-state index < -0.39 is 26.8 Å². The minimum Gasteiger partial charge on any atom is -0.334 e. The van der Waals surface area contributed by atoms with Crippen molar-refractivity contribution in [2.75, 3.05) is 18.4 Å². The fourth-order valence-corrected chi connectivity index (χ4v) is 4.78. The summed E-state index contributed by atoms with van der Waals surface area (Å²) in [5.41, 5.74) is 0.142. The van der Waals surface area contributed by atoms with Gasteiger partial charge in [0.2, 0.25) is 0 Å². The van der Waals surface area contributed by atoms with Crippen molar-refractivity contribution >= 4 is 33.5 Å². The lowest BCUT2D eigenvalue weighted by atomic mass is 10.2. The zero-order valence-electron chi connectivity index (χ0n) is 18.8. The van der Waals surface area contributed by atoms with Crippen molar-refractivity contribution in [1.29, 1.82) is 0 Å². The third kappa shape index (κ3) is 6.43. The number of rotatable bonds is 7. The highest BCUT2D eigenvalue weighted by Gasteiger charge is 2.34. The van der Waals surface area contributed by atoms with Gasteiger partial charge < -0.3 is 10.2 Å². The van der Waals surface area contributed by atoms with Crippen LogP contribution in [0.1, 0.15) is 16.7 Å². The van der Waals surface area contributed by atoms with Crippen molar-refractivity contribution in [2.45, 2.75) is 24.2 Å². The average Bonchev–Trinajstić information content (AvgIpc) is 2.81. The SMILES string of the molecule is CN(C)C(=O)NCc1ccc(S(=O)(=O)N(Cc2ccccc2)c2ncc(C(F)(F)F)cc2Cl)cc1. The van der Waals surface area contributed by atoms with Gasteiger partial charge in [-0.1, -0.05) is 54.1 Å². The highest BCUT2D eigenvalue weighted by molar-refractivity contribution is 7.92. The predicted octanol–water partition coefficient (Wildman–Crippen LogP) is 4.92. The number of carbonyl (C=O) groups excluding carboxylic acids is 1. The van der Waals surface area contributed by atoms with Crippen molar-refractivity contribution < 1.29 is 26.4 Å². The number of alkyl halides is 3. The third-order valence-corrected chi connectivity index (χ3v) is 6.94. The number of amides is 2. The van der Waals surface area contributed by atoms with Crippen molar-refractivity contribution in [1.82, 2.24) is 15.2 Å². The summed E-state index contributed by atoms with van der Waals surface area (Å²) in [6.07, 6.45) is -4.14. The number of hydrogen-bond acceptors (Lipinski definition) is 4. The Bertz CT molecular complexity index is 1290. The number of aromatic nitrogens is 1. The quantitative estimate of drug-likeness (QED) is 0.474. The predicted molar refractivity (Wildman–Crippen MR) is 126 cm³/mol. The van der Waals surface area contributed by atoms with Crippen LogP contribution in [-0.2, 0) is 29.3 Å². The maximum atomic E-state index is 13.6. The molecule has 0 aliphatic heterocycles. The first kappa shape index (κ1) is 26.3. The minimum atomic E-state index is -4.68. The highest BCUT2D eigenvalue weighted by Crippen LogP contribution is 2.35. The molecule has 0 saturated heterocycles. The van der Waals surface area contributed by atoms with E-state index in [2.05, 4.69) is 10.3 Å². The fraction of sp³-hybridized carbons (Fsp3) is 0.217. The van der Waals surface area contributed by atoms with Gasteiger partial charge in [0.05, 0.1) is 22.0 Å². The number of hydrogen-bond donors (Lipinski definition) is 1. The molecule has 7 nitrogen and oxygen atoms in total. The Balaban J connectivity index is 1.97. The zero-order chi connectivity index (χ0) is 25.8. The molecule has 0 aliphatic carbocycles. The number of sulfonamides is 1. The van der Waals surface area contributed by atoms with Crippen LogP contribution in [0.4, 0.5) is 23.8 Å². The average molecular weight is 527 g/mol. The fourth-order valence-electron chi connectivity index (χ4n) is 3.03. The van der Waals surface area contributed by atoms with E-state index in [0.717, 1.165) is 4.31 Å². The number of carbonyl (C=O) groups is 1. The first-order valence-corrected chi connectivity index (χ1v) is 12.0. The highest BCUT2D eigenvalue weighted by atomic mass is 35.5. The van der Waals surface area contributed by atoms with Gasteiger partial charge in [0.1, 0.15) is 0 Å². The Labute approximate surface area is 206 Å². The van der Waals surface area contributed by atoms with E-state index >= 15 is 0 Å². The summed E-state index contributed by atoms with van der Waals surface area (Å²) in [4.78, 5) is 16.7. The molecule has 1 heterocycles. The second-order valence-corrected chi connectivity index (χ2v) is 9.99. The van der Waals surface area contributed by atoms with E-state index in [1.54, 1.807) is 44.4 Å². The molecule has 0 unspecified atom stereocenters. The summed E-state index contributed by atoms with van der Waals surface area (Å²) in [5, 5.41) is 2.21. The molecule has 1 aromatic heterocycles. The maximum absolute atomic E-state index is 13.6. The Morgan fingerprint density at radius 1 is 1.03 bits per heavy atom. The number of urea groups is 1. The van der Waals surface area contributed by atoms with Crippen LogP contribution in [0.25, 0.3) is 0 Å². The first-order valence-electron chi connectivity index (χ1n) is 10.2. The van der Waals surface area contributed by atoms with Crippen molar-refractivity contribution in [3.05, 3.63) is 88.6 Å². The Hall–Kier alpha value is -3.31. The van der Waals surface area contributed by atoms with Gasteiger partial charge in [-0.25, -0.2) is 22.5 Å². The second kappa shape index (κ2) is 10.5. The van der Waals surface area contributed by atoms with E-state index in [4.69, 9.17) is 11.6 Å². The van der Waals surface area contributed by atoms with E-state index in [0.29, 0.717) is 23.4 Å².